The number of benzene rings is 1. The molecule has 1 unspecified atom stereocenters. The molecule has 1 atom stereocenters. The molecule has 1 aliphatic heterocycles. The van der Waals surface area contributed by atoms with Crippen molar-refractivity contribution in [3.63, 3.8) is 0 Å². The van der Waals surface area contributed by atoms with Crippen molar-refractivity contribution in [1.29, 1.82) is 0 Å². The lowest BCUT2D eigenvalue weighted by atomic mass is 10.1. The van der Waals surface area contributed by atoms with Crippen LogP contribution in [0.1, 0.15) is 11.7 Å². The minimum absolute atomic E-state index is 0.281. The maximum Gasteiger partial charge on any atom is 0.407 e. The number of carbonyl (C=O) groups excluding carboxylic acids is 1. The van der Waals surface area contributed by atoms with E-state index in [1.54, 1.807) is 20.3 Å². The lowest BCUT2D eigenvalue weighted by molar-refractivity contribution is 0.141. The van der Waals surface area contributed by atoms with Crippen molar-refractivity contribution in [2.24, 2.45) is 0 Å². The largest absolute Gasteiger partial charge is 0.497 e. The van der Waals surface area contributed by atoms with Gasteiger partial charge < -0.3 is 19.5 Å². The molecule has 0 aromatic heterocycles. The number of amides is 1. The van der Waals surface area contributed by atoms with Gasteiger partial charge in [0.1, 0.15) is 17.6 Å². The van der Waals surface area contributed by atoms with E-state index in [-0.39, 0.29) is 6.10 Å². The second-order valence-corrected chi connectivity index (χ2v) is 3.42. The summed E-state index contributed by atoms with van der Waals surface area (Å²) in [6.07, 6.45) is -0.678. The summed E-state index contributed by atoms with van der Waals surface area (Å²) in [4.78, 5) is 10.9. The van der Waals surface area contributed by atoms with E-state index >= 15 is 0 Å². The molecular weight excluding hydrogens is 210 g/mol. The summed E-state index contributed by atoms with van der Waals surface area (Å²) >= 11 is 0. The van der Waals surface area contributed by atoms with Gasteiger partial charge >= 0.3 is 6.09 Å². The Morgan fingerprint density at radius 1 is 1.25 bits per heavy atom. The van der Waals surface area contributed by atoms with E-state index in [0.717, 1.165) is 5.56 Å². The molecule has 1 aliphatic rings. The van der Waals surface area contributed by atoms with Crippen molar-refractivity contribution in [1.82, 2.24) is 5.32 Å². The smallest absolute Gasteiger partial charge is 0.407 e. The third-order valence-corrected chi connectivity index (χ3v) is 2.43. The van der Waals surface area contributed by atoms with Gasteiger partial charge in [0.05, 0.1) is 20.8 Å². The van der Waals surface area contributed by atoms with Crippen LogP contribution in [0.3, 0.4) is 0 Å². The normalized spacial score (nSPS) is 18.9. The highest BCUT2D eigenvalue weighted by molar-refractivity contribution is 5.69. The summed E-state index contributed by atoms with van der Waals surface area (Å²) in [5.74, 6) is 1.36. The van der Waals surface area contributed by atoms with E-state index in [2.05, 4.69) is 5.32 Å². The van der Waals surface area contributed by atoms with Gasteiger partial charge in [-0.2, -0.15) is 0 Å². The maximum atomic E-state index is 10.9. The number of ether oxygens (including phenoxy) is 3. The average molecular weight is 223 g/mol. The lowest BCUT2D eigenvalue weighted by Crippen LogP contribution is -2.12. The second kappa shape index (κ2) is 4.30. The summed E-state index contributed by atoms with van der Waals surface area (Å²) in [5.41, 5.74) is 0.856. The molecule has 0 radical (unpaired) electrons. The molecule has 1 heterocycles. The molecule has 1 amide bonds. The standard InChI is InChI=1S/C11H13NO4/c1-14-8-3-7(4-9(5-8)15-2)10-6-12-11(13)16-10/h3-5,10H,6H2,1-2H3,(H,12,13). The summed E-state index contributed by atoms with van der Waals surface area (Å²) in [6, 6.07) is 5.43. The van der Waals surface area contributed by atoms with Crippen LogP contribution in [0, 0.1) is 0 Å². The Morgan fingerprint density at radius 2 is 1.88 bits per heavy atom. The number of nitrogens with one attached hydrogen (secondary N) is 1. The quantitative estimate of drug-likeness (QED) is 0.843. The number of rotatable bonds is 3. The zero-order valence-corrected chi connectivity index (χ0v) is 9.15. The molecule has 1 fully saturated rings. The van der Waals surface area contributed by atoms with Crippen molar-refractivity contribution < 1.29 is 19.0 Å². The Kier molecular flexibility index (Phi) is 2.85. The molecule has 2 rings (SSSR count). The summed E-state index contributed by atoms with van der Waals surface area (Å²) in [7, 11) is 3.16. The number of methoxy groups -OCH3 is 2. The predicted molar refractivity (Wildman–Crippen MR) is 56.8 cm³/mol. The minimum Gasteiger partial charge on any atom is -0.497 e. The molecule has 1 saturated heterocycles. The van der Waals surface area contributed by atoms with E-state index in [1.807, 2.05) is 12.1 Å². The van der Waals surface area contributed by atoms with Crippen molar-refractivity contribution in [3.05, 3.63) is 23.8 Å². The van der Waals surface area contributed by atoms with Crippen LogP contribution in [0.2, 0.25) is 0 Å². The first kappa shape index (κ1) is 10.6. The van der Waals surface area contributed by atoms with Crippen molar-refractivity contribution >= 4 is 6.09 Å². The molecule has 5 nitrogen and oxygen atoms in total. The van der Waals surface area contributed by atoms with Crippen molar-refractivity contribution in [3.8, 4) is 11.5 Å². The number of hydrogen-bond acceptors (Lipinski definition) is 4. The van der Waals surface area contributed by atoms with Gasteiger partial charge in [0, 0.05) is 11.6 Å². The Balaban J connectivity index is 2.29. The Labute approximate surface area is 93.3 Å². The van der Waals surface area contributed by atoms with E-state index in [9.17, 15) is 4.79 Å². The van der Waals surface area contributed by atoms with E-state index in [0.29, 0.717) is 18.0 Å². The lowest BCUT2D eigenvalue weighted by Gasteiger charge is -2.11. The highest BCUT2D eigenvalue weighted by atomic mass is 16.6. The van der Waals surface area contributed by atoms with Crippen LogP contribution < -0.4 is 14.8 Å². The van der Waals surface area contributed by atoms with E-state index in [4.69, 9.17) is 14.2 Å². The number of hydrogen-bond donors (Lipinski definition) is 1. The van der Waals surface area contributed by atoms with Gasteiger partial charge in [-0.1, -0.05) is 0 Å². The van der Waals surface area contributed by atoms with Crippen LogP contribution in [0.4, 0.5) is 4.79 Å². The van der Waals surface area contributed by atoms with Crippen LogP contribution in [-0.2, 0) is 4.74 Å². The molecule has 1 aromatic carbocycles. The predicted octanol–water partition coefficient (Wildman–Crippen LogP) is 1.48. The van der Waals surface area contributed by atoms with Crippen LogP contribution >= 0.6 is 0 Å². The van der Waals surface area contributed by atoms with Crippen LogP contribution in [0.25, 0.3) is 0 Å². The Morgan fingerprint density at radius 3 is 2.31 bits per heavy atom. The molecule has 0 aliphatic carbocycles. The second-order valence-electron chi connectivity index (χ2n) is 3.42. The SMILES string of the molecule is COc1cc(OC)cc(C2CNC(=O)O2)c1. The van der Waals surface area contributed by atoms with E-state index < -0.39 is 6.09 Å². The number of alkyl carbamates (subject to hydrolysis) is 1. The first-order chi connectivity index (χ1) is 7.72. The first-order valence-electron chi connectivity index (χ1n) is 4.90. The monoisotopic (exact) mass is 223 g/mol. The van der Waals surface area contributed by atoms with Crippen LogP contribution in [-0.4, -0.2) is 26.9 Å². The van der Waals surface area contributed by atoms with Gasteiger partial charge in [0.2, 0.25) is 0 Å². The van der Waals surface area contributed by atoms with Gasteiger partial charge in [-0.3, -0.25) is 0 Å². The van der Waals surface area contributed by atoms with Crippen molar-refractivity contribution in [2.75, 3.05) is 20.8 Å². The number of carbonyl (C=O) groups is 1. The molecule has 0 spiro atoms. The molecule has 0 saturated carbocycles. The maximum absolute atomic E-state index is 10.9. The number of cyclic esters (lactones) is 1. The van der Waals surface area contributed by atoms with Gasteiger partial charge in [-0.25, -0.2) is 4.79 Å². The molecule has 5 heteroatoms. The Bertz CT molecular complexity index is 383. The summed E-state index contributed by atoms with van der Waals surface area (Å²) in [5, 5.41) is 2.60. The third-order valence-electron chi connectivity index (χ3n) is 2.43. The van der Waals surface area contributed by atoms with Crippen LogP contribution in [0.15, 0.2) is 18.2 Å². The molecular formula is C11H13NO4. The third kappa shape index (κ3) is 2.03. The summed E-state index contributed by atoms with van der Waals surface area (Å²) in [6.45, 7) is 0.467. The molecule has 1 aromatic rings. The zero-order chi connectivity index (χ0) is 11.5. The zero-order valence-electron chi connectivity index (χ0n) is 9.15. The van der Waals surface area contributed by atoms with E-state index in [1.165, 1.54) is 0 Å². The molecule has 1 N–H and O–H groups in total. The van der Waals surface area contributed by atoms with Gasteiger partial charge in [-0.15, -0.1) is 0 Å². The molecule has 0 bridgehead atoms. The average Bonchev–Trinajstić information content (AvgIpc) is 2.75. The minimum atomic E-state index is -0.396. The molecule has 86 valence electrons. The molecule has 16 heavy (non-hydrogen) atoms. The summed E-state index contributed by atoms with van der Waals surface area (Å²) < 4.78 is 15.4. The fraction of sp³-hybridized carbons (Fsp3) is 0.364. The van der Waals surface area contributed by atoms with Crippen molar-refractivity contribution in [2.45, 2.75) is 6.10 Å². The first-order valence-corrected chi connectivity index (χ1v) is 4.90. The highest BCUT2D eigenvalue weighted by Crippen LogP contribution is 2.29. The highest BCUT2D eigenvalue weighted by Gasteiger charge is 2.25. The van der Waals surface area contributed by atoms with Gasteiger partial charge in [0.15, 0.2) is 0 Å². The topological polar surface area (TPSA) is 56.8 Å². The Hall–Kier alpha value is -1.91. The fourth-order valence-corrected chi connectivity index (χ4v) is 1.59. The van der Waals surface area contributed by atoms with Gasteiger partial charge in [0.25, 0.3) is 0 Å². The van der Waals surface area contributed by atoms with Gasteiger partial charge in [-0.05, 0) is 12.1 Å². The fourth-order valence-electron chi connectivity index (χ4n) is 1.59. The van der Waals surface area contributed by atoms with Crippen LogP contribution in [0.5, 0.6) is 11.5 Å².